The van der Waals surface area contributed by atoms with Crippen LogP contribution in [0.4, 0.5) is 8.78 Å². The molecule has 66 valence electrons. The van der Waals surface area contributed by atoms with Crippen LogP contribution in [0, 0.1) is 11.6 Å². The molecule has 0 unspecified atom stereocenters. The highest BCUT2D eigenvalue weighted by Gasteiger charge is 1.97. The highest BCUT2D eigenvalue weighted by Crippen LogP contribution is 2.13. The molecule has 0 aliphatic heterocycles. The van der Waals surface area contributed by atoms with Crippen LogP contribution in [0.25, 0.3) is 0 Å². The van der Waals surface area contributed by atoms with Gasteiger partial charge in [-0.25, -0.2) is 8.78 Å². The molecule has 1 rings (SSSR count). The Morgan fingerprint density at radius 2 is 1.92 bits per heavy atom. The van der Waals surface area contributed by atoms with Crippen molar-refractivity contribution in [1.82, 2.24) is 0 Å². The van der Waals surface area contributed by atoms with Crippen molar-refractivity contribution in [2.75, 3.05) is 0 Å². The molecule has 2 nitrogen and oxygen atoms in total. The van der Waals surface area contributed by atoms with E-state index in [2.05, 4.69) is 5.73 Å². The average Bonchev–Trinajstić information content (AvgIpc) is 1.99. The quantitative estimate of drug-likeness (QED) is 0.495. The van der Waals surface area contributed by atoms with E-state index >= 15 is 0 Å². The summed E-state index contributed by atoms with van der Waals surface area (Å²) in [7, 11) is 0. The summed E-state index contributed by atoms with van der Waals surface area (Å²) in [5.74, 6) is -1.34. The topological polar surface area (TPSA) is 43.1 Å². The van der Waals surface area contributed by atoms with E-state index in [9.17, 15) is 8.78 Å². The predicted octanol–water partition coefficient (Wildman–Crippen LogP) is 1.72. The van der Waals surface area contributed by atoms with Gasteiger partial charge in [0, 0.05) is 6.07 Å². The summed E-state index contributed by atoms with van der Waals surface area (Å²) < 4.78 is 24.3. The van der Waals surface area contributed by atoms with Crippen LogP contribution in [0.15, 0.2) is 18.2 Å². The first-order chi connectivity index (χ1) is 5.61. The minimum atomic E-state index is -0.725. The summed E-state index contributed by atoms with van der Waals surface area (Å²) in [4.78, 5) is 8.58. The van der Waals surface area contributed by atoms with E-state index in [4.69, 9.17) is 16.4 Å². The Kier molecular flexibility index (Phi) is 4.96. The average molecular weight is 194 g/mol. The number of carbonyl (C=O) groups is 1. The van der Waals surface area contributed by atoms with Crippen LogP contribution in [0.2, 0.25) is 5.02 Å². The van der Waals surface area contributed by atoms with E-state index in [0.717, 1.165) is 12.1 Å². The molecule has 0 radical (unpaired) electrons. The van der Waals surface area contributed by atoms with Crippen molar-refractivity contribution >= 4 is 18.0 Å². The molecule has 0 bridgehead atoms. The van der Waals surface area contributed by atoms with E-state index in [0.29, 0.717) is 0 Å². The second-order valence-corrected chi connectivity index (χ2v) is 2.10. The maximum atomic E-state index is 12.2. The molecule has 0 saturated carbocycles. The summed E-state index contributed by atoms with van der Waals surface area (Å²) in [5, 5.41) is -0.0589. The third-order valence-corrected chi connectivity index (χ3v) is 1.19. The maximum Gasteiger partial charge on any atom is 0.204 e. The van der Waals surface area contributed by atoms with Crippen molar-refractivity contribution in [3.63, 3.8) is 0 Å². The number of halogens is 3. The Bertz CT molecular complexity index is 268. The number of primary amides is 1. The number of rotatable bonds is 0. The monoisotopic (exact) mass is 193 g/mol. The van der Waals surface area contributed by atoms with Crippen molar-refractivity contribution in [3.05, 3.63) is 34.9 Å². The Balaban J connectivity index is 0.000000354. The van der Waals surface area contributed by atoms with E-state index in [1.807, 2.05) is 0 Å². The molecule has 12 heavy (non-hydrogen) atoms. The lowest BCUT2D eigenvalue weighted by molar-refractivity contribution is -0.106. The van der Waals surface area contributed by atoms with E-state index in [1.54, 1.807) is 0 Å². The first kappa shape index (κ1) is 10.8. The van der Waals surface area contributed by atoms with Crippen molar-refractivity contribution in [3.8, 4) is 0 Å². The SMILES string of the molecule is Fc1ccc(Cl)c(F)c1.NC=O. The molecule has 1 aromatic carbocycles. The minimum absolute atomic E-state index is 0.0589. The van der Waals surface area contributed by atoms with Crippen molar-refractivity contribution in [2.24, 2.45) is 5.73 Å². The Morgan fingerprint density at radius 1 is 1.42 bits per heavy atom. The van der Waals surface area contributed by atoms with Crippen molar-refractivity contribution < 1.29 is 13.6 Å². The Hall–Kier alpha value is -1.16. The first-order valence-corrected chi connectivity index (χ1v) is 3.25. The molecule has 1 aromatic rings. The van der Waals surface area contributed by atoms with Crippen LogP contribution in [0.5, 0.6) is 0 Å². The lowest BCUT2D eigenvalue weighted by Crippen LogP contribution is -1.82. The zero-order valence-electron chi connectivity index (χ0n) is 5.93. The number of hydrogen-bond donors (Lipinski definition) is 1. The van der Waals surface area contributed by atoms with Crippen molar-refractivity contribution in [2.45, 2.75) is 0 Å². The number of amides is 1. The first-order valence-electron chi connectivity index (χ1n) is 2.87. The van der Waals surface area contributed by atoms with Crippen LogP contribution in [-0.4, -0.2) is 6.41 Å². The van der Waals surface area contributed by atoms with E-state index < -0.39 is 11.6 Å². The van der Waals surface area contributed by atoms with Gasteiger partial charge in [-0.15, -0.1) is 0 Å². The van der Waals surface area contributed by atoms with Crippen LogP contribution in [0.1, 0.15) is 0 Å². The lowest BCUT2D eigenvalue weighted by atomic mass is 10.3. The highest BCUT2D eigenvalue weighted by atomic mass is 35.5. The number of nitrogens with two attached hydrogens (primary N) is 1. The van der Waals surface area contributed by atoms with Gasteiger partial charge >= 0.3 is 0 Å². The second-order valence-electron chi connectivity index (χ2n) is 1.69. The second kappa shape index (κ2) is 5.49. The normalized spacial score (nSPS) is 8.25. The number of hydrogen-bond acceptors (Lipinski definition) is 1. The largest absolute Gasteiger partial charge is 0.372 e. The number of benzene rings is 1. The van der Waals surface area contributed by atoms with Gasteiger partial charge < -0.3 is 5.73 Å². The fourth-order valence-corrected chi connectivity index (χ4v) is 0.588. The fraction of sp³-hybridized carbons (Fsp3) is 0. The van der Waals surface area contributed by atoms with Gasteiger partial charge in [0.2, 0.25) is 6.41 Å². The molecule has 2 N–H and O–H groups in total. The molecule has 0 atom stereocenters. The smallest absolute Gasteiger partial charge is 0.204 e. The van der Waals surface area contributed by atoms with Crippen LogP contribution >= 0.6 is 11.6 Å². The van der Waals surface area contributed by atoms with Gasteiger partial charge in [-0.3, -0.25) is 4.79 Å². The zero-order chi connectivity index (χ0) is 9.56. The molecule has 1 amide bonds. The third kappa shape index (κ3) is 3.88. The molecule has 0 spiro atoms. The van der Waals surface area contributed by atoms with Crippen LogP contribution < -0.4 is 5.73 Å². The van der Waals surface area contributed by atoms with Crippen molar-refractivity contribution in [1.29, 1.82) is 0 Å². The van der Waals surface area contributed by atoms with Gasteiger partial charge in [0.1, 0.15) is 11.6 Å². The van der Waals surface area contributed by atoms with E-state index in [-0.39, 0.29) is 11.4 Å². The zero-order valence-corrected chi connectivity index (χ0v) is 6.68. The third-order valence-electron chi connectivity index (χ3n) is 0.882. The molecule has 0 aliphatic rings. The molecule has 0 aromatic heterocycles. The van der Waals surface area contributed by atoms with Gasteiger partial charge in [0.25, 0.3) is 0 Å². The summed E-state index contributed by atoms with van der Waals surface area (Å²) in [6.07, 6.45) is 0.250. The molecule has 0 aliphatic carbocycles. The summed E-state index contributed by atoms with van der Waals surface area (Å²) >= 11 is 5.24. The van der Waals surface area contributed by atoms with Crippen LogP contribution in [0.3, 0.4) is 0 Å². The summed E-state index contributed by atoms with van der Waals surface area (Å²) in [6.45, 7) is 0. The summed E-state index contributed by atoms with van der Waals surface area (Å²) in [5.41, 5.74) is 4.17. The van der Waals surface area contributed by atoms with Gasteiger partial charge in [-0.1, -0.05) is 11.6 Å². The molecule has 0 heterocycles. The van der Waals surface area contributed by atoms with Gasteiger partial charge in [0.15, 0.2) is 0 Å². The highest BCUT2D eigenvalue weighted by molar-refractivity contribution is 6.30. The van der Waals surface area contributed by atoms with Gasteiger partial charge in [-0.2, -0.15) is 0 Å². The molecule has 5 heteroatoms. The number of carbonyl (C=O) groups excluding carboxylic acids is 1. The Labute approximate surface area is 72.9 Å². The predicted molar refractivity (Wildman–Crippen MR) is 41.6 cm³/mol. The van der Waals surface area contributed by atoms with Crippen LogP contribution in [-0.2, 0) is 4.79 Å². The summed E-state index contributed by atoms with van der Waals surface area (Å²) in [6, 6.07) is 3.01. The minimum Gasteiger partial charge on any atom is -0.372 e. The lowest BCUT2D eigenvalue weighted by Gasteiger charge is -1.90. The fourth-order valence-electron chi connectivity index (χ4n) is 0.470. The molecule has 0 saturated heterocycles. The van der Waals surface area contributed by atoms with Gasteiger partial charge in [0.05, 0.1) is 5.02 Å². The molecule has 0 fully saturated rings. The molecular weight excluding hydrogens is 188 g/mol. The maximum absolute atomic E-state index is 12.2. The Morgan fingerprint density at radius 3 is 2.25 bits per heavy atom. The van der Waals surface area contributed by atoms with E-state index in [1.165, 1.54) is 6.07 Å². The standard InChI is InChI=1S/C6H3ClF2.CH3NO/c7-5-2-1-4(8)3-6(5)9;2-1-3/h1-3H;1H,(H2,2,3). The van der Waals surface area contributed by atoms with Gasteiger partial charge in [-0.05, 0) is 12.1 Å². The molecular formula is C7H6ClF2NO.